The number of carbonyl (C=O) groups is 2. The highest BCUT2D eigenvalue weighted by atomic mass is 32.1. The number of thiophene rings is 1. The average Bonchev–Trinajstić information content (AvgIpc) is 3.16. The molecule has 2 fully saturated rings. The number of fused-ring (bicyclic) bond motifs is 2. The van der Waals surface area contributed by atoms with Gasteiger partial charge < -0.3 is 9.80 Å². The zero-order chi connectivity index (χ0) is 22.2. The monoisotopic (exact) mass is 451 g/mol. The molecule has 0 radical (unpaired) electrons. The van der Waals surface area contributed by atoms with Gasteiger partial charge in [-0.15, -0.1) is 11.3 Å². The fourth-order valence-corrected chi connectivity index (χ4v) is 5.97. The van der Waals surface area contributed by atoms with Crippen LogP contribution in [0.4, 0.5) is 4.39 Å². The van der Waals surface area contributed by atoms with E-state index in [-0.39, 0.29) is 24.2 Å². The molecule has 32 heavy (non-hydrogen) atoms. The topological polar surface area (TPSA) is 43.9 Å². The van der Waals surface area contributed by atoms with Gasteiger partial charge in [0, 0.05) is 42.3 Å². The Balaban J connectivity index is 1.34. The summed E-state index contributed by atoms with van der Waals surface area (Å²) in [6, 6.07) is 14.1. The zero-order valence-electron chi connectivity index (χ0n) is 18.1. The van der Waals surface area contributed by atoms with Crippen molar-refractivity contribution >= 4 is 33.2 Å². The van der Waals surface area contributed by atoms with Gasteiger partial charge in [-0.2, -0.15) is 0 Å². The quantitative estimate of drug-likeness (QED) is 0.595. The lowest BCUT2D eigenvalue weighted by atomic mass is 10.0. The van der Waals surface area contributed by atoms with Crippen LogP contribution in [-0.4, -0.2) is 58.7 Å². The van der Waals surface area contributed by atoms with Crippen molar-refractivity contribution in [2.45, 2.75) is 32.5 Å². The van der Waals surface area contributed by atoms with E-state index in [1.165, 1.54) is 32.7 Å². The summed E-state index contributed by atoms with van der Waals surface area (Å²) in [5, 5.41) is 1.29. The van der Waals surface area contributed by atoms with E-state index in [0.717, 1.165) is 25.1 Å². The maximum atomic E-state index is 13.3. The van der Waals surface area contributed by atoms with E-state index in [2.05, 4.69) is 36.1 Å². The number of benzene rings is 2. The second kappa shape index (κ2) is 8.64. The maximum absolute atomic E-state index is 13.3. The van der Waals surface area contributed by atoms with Crippen LogP contribution in [0.2, 0.25) is 0 Å². The summed E-state index contributed by atoms with van der Waals surface area (Å²) in [6.07, 6.45) is 0.987. The first kappa shape index (κ1) is 21.1. The summed E-state index contributed by atoms with van der Waals surface area (Å²) in [5.41, 5.74) is 2.17. The second-order valence-electron chi connectivity index (χ2n) is 8.51. The minimum absolute atomic E-state index is 0.00779. The minimum atomic E-state index is -0.458. The number of piperazine rings is 2. The molecule has 2 aliphatic rings. The minimum Gasteiger partial charge on any atom is -0.327 e. The molecule has 2 aromatic carbocycles. The van der Waals surface area contributed by atoms with Gasteiger partial charge in [-0.3, -0.25) is 14.5 Å². The Morgan fingerprint density at radius 1 is 1.03 bits per heavy atom. The molecule has 0 aliphatic carbocycles. The number of hydrogen-bond donors (Lipinski definition) is 0. The van der Waals surface area contributed by atoms with Crippen molar-refractivity contribution in [1.29, 1.82) is 0 Å². The van der Waals surface area contributed by atoms with E-state index < -0.39 is 6.04 Å². The summed E-state index contributed by atoms with van der Waals surface area (Å²) in [7, 11) is 0. The molecule has 3 heterocycles. The van der Waals surface area contributed by atoms with Gasteiger partial charge in [0.25, 0.3) is 0 Å². The molecule has 7 heteroatoms. The molecule has 0 N–H and O–H groups in total. The van der Waals surface area contributed by atoms with Crippen molar-refractivity contribution in [1.82, 2.24) is 14.7 Å². The van der Waals surface area contributed by atoms with Crippen LogP contribution in [0, 0.1) is 5.82 Å². The standard InChI is InChI=1S/C25H26FN3O2S/c1-2-22-20(19-5-3-4-6-23(19)32-22)14-27-11-12-29-21(15-27)25(31)28(16-24(29)30)13-17-7-9-18(26)10-8-17/h3-10,21H,2,11-16H2,1H3. The average molecular weight is 452 g/mol. The van der Waals surface area contributed by atoms with Crippen LogP contribution in [0.25, 0.3) is 10.1 Å². The van der Waals surface area contributed by atoms with E-state index in [0.29, 0.717) is 19.6 Å². The van der Waals surface area contributed by atoms with Crippen LogP contribution >= 0.6 is 11.3 Å². The Morgan fingerprint density at radius 3 is 2.59 bits per heavy atom. The highest BCUT2D eigenvalue weighted by Crippen LogP contribution is 2.33. The molecule has 2 aliphatic heterocycles. The fraction of sp³-hybridized carbons (Fsp3) is 0.360. The Morgan fingerprint density at radius 2 is 1.81 bits per heavy atom. The van der Waals surface area contributed by atoms with Gasteiger partial charge in [-0.1, -0.05) is 37.3 Å². The summed E-state index contributed by atoms with van der Waals surface area (Å²) >= 11 is 1.85. The number of halogens is 1. The van der Waals surface area contributed by atoms with Crippen molar-refractivity contribution in [3.8, 4) is 0 Å². The molecule has 0 spiro atoms. The van der Waals surface area contributed by atoms with Gasteiger partial charge >= 0.3 is 0 Å². The Hall–Kier alpha value is -2.77. The largest absolute Gasteiger partial charge is 0.327 e. The van der Waals surface area contributed by atoms with E-state index in [4.69, 9.17) is 0 Å². The van der Waals surface area contributed by atoms with Crippen LogP contribution in [0.1, 0.15) is 22.9 Å². The first-order valence-corrected chi connectivity index (χ1v) is 11.9. The molecule has 1 atom stereocenters. The van der Waals surface area contributed by atoms with Crippen molar-refractivity contribution in [2.75, 3.05) is 26.2 Å². The van der Waals surface area contributed by atoms with Gasteiger partial charge in [0.1, 0.15) is 18.4 Å². The predicted molar refractivity (Wildman–Crippen MR) is 124 cm³/mol. The SMILES string of the molecule is CCc1sc2ccccc2c1CN1CCN2C(=O)CN(Cc3ccc(F)cc3)C(=O)C2C1. The second-order valence-corrected chi connectivity index (χ2v) is 9.65. The molecule has 5 nitrogen and oxygen atoms in total. The third-order valence-corrected chi connectivity index (χ3v) is 7.84. The fourth-order valence-electron chi connectivity index (χ4n) is 4.81. The molecule has 166 valence electrons. The zero-order valence-corrected chi connectivity index (χ0v) is 18.9. The lowest BCUT2D eigenvalue weighted by Crippen LogP contribution is -2.66. The maximum Gasteiger partial charge on any atom is 0.247 e. The summed E-state index contributed by atoms with van der Waals surface area (Å²) < 4.78 is 14.5. The normalized spacial score (nSPS) is 19.6. The highest BCUT2D eigenvalue weighted by molar-refractivity contribution is 7.19. The van der Waals surface area contributed by atoms with E-state index >= 15 is 0 Å². The summed E-state index contributed by atoms with van der Waals surface area (Å²) in [6.45, 7) is 5.26. The van der Waals surface area contributed by atoms with Crippen LogP contribution in [-0.2, 0) is 29.1 Å². The Labute approximate surface area is 191 Å². The third kappa shape index (κ3) is 3.91. The lowest BCUT2D eigenvalue weighted by molar-refractivity contribution is -0.160. The molecule has 5 rings (SSSR count). The first-order valence-electron chi connectivity index (χ1n) is 11.1. The van der Waals surface area contributed by atoms with Gasteiger partial charge in [0.05, 0.1) is 0 Å². The number of carbonyl (C=O) groups excluding carboxylic acids is 2. The van der Waals surface area contributed by atoms with Crippen LogP contribution in [0.15, 0.2) is 48.5 Å². The van der Waals surface area contributed by atoms with Crippen LogP contribution in [0.5, 0.6) is 0 Å². The molecule has 0 bridgehead atoms. The molecule has 3 aromatic rings. The molecule has 0 saturated carbocycles. The third-order valence-electron chi connectivity index (χ3n) is 6.48. The van der Waals surface area contributed by atoms with Gasteiger partial charge in [-0.05, 0) is 41.1 Å². The number of rotatable bonds is 5. The molecule has 1 unspecified atom stereocenters. The Kier molecular flexibility index (Phi) is 5.69. The summed E-state index contributed by atoms with van der Waals surface area (Å²) in [5.74, 6) is -0.340. The van der Waals surface area contributed by atoms with Gasteiger partial charge in [-0.25, -0.2) is 4.39 Å². The number of hydrogen-bond acceptors (Lipinski definition) is 4. The predicted octanol–water partition coefficient (Wildman–Crippen LogP) is 3.66. The molecule has 1 aromatic heterocycles. The highest BCUT2D eigenvalue weighted by Gasteiger charge is 2.42. The van der Waals surface area contributed by atoms with E-state index in [1.807, 2.05) is 11.3 Å². The van der Waals surface area contributed by atoms with Crippen molar-refractivity contribution in [2.24, 2.45) is 0 Å². The van der Waals surface area contributed by atoms with Crippen LogP contribution < -0.4 is 0 Å². The van der Waals surface area contributed by atoms with Crippen molar-refractivity contribution < 1.29 is 14.0 Å². The smallest absolute Gasteiger partial charge is 0.247 e. The van der Waals surface area contributed by atoms with Gasteiger partial charge in [0.2, 0.25) is 11.8 Å². The first-order chi connectivity index (χ1) is 15.5. The molecular weight excluding hydrogens is 425 g/mol. The van der Waals surface area contributed by atoms with Crippen LogP contribution in [0.3, 0.4) is 0 Å². The Bertz CT molecular complexity index is 1160. The summed E-state index contributed by atoms with van der Waals surface area (Å²) in [4.78, 5) is 33.1. The van der Waals surface area contributed by atoms with Crippen molar-refractivity contribution in [3.05, 3.63) is 70.4 Å². The molecular formula is C25H26FN3O2S. The van der Waals surface area contributed by atoms with E-state index in [1.54, 1.807) is 21.9 Å². The van der Waals surface area contributed by atoms with E-state index in [9.17, 15) is 14.0 Å². The van der Waals surface area contributed by atoms with Gasteiger partial charge in [0.15, 0.2) is 0 Å². The number of aryl methyl sites for hydroxylation is 1. The number of nitrogens with zero attached hydrogens (tertiary/aromatic N) is 3. The lowest BCUT2D eigenvalue weighted by Gasteiger charge is -2.46. The number of amides is 2. The molecule has 2 saturated heterocycles. The van der Waals surface area contributed by atoms with Crippen molar-refractivity contribution in [3.63, 3.8) is 0 Å². The molecule has 2 amide bonds.